The van der Waals surface area contributed by atoms with E-state index in [9.17, 15) is 0 Å². The van der Waals surface area contributed by atoms with Crippen molar-refractivity contribution in [2.45, 2.75) is 21.7 Å². The summed E-state index contributed by atoms with van der Waals surface area (Å²) < 4.78 is 5.02. The molecule has 0 bridgehead atoms. The van der Waals surface area contributed by atoms with Crippen LogP contribution in [0.1, 0.15) is 89.0 Å². The fourth-order valence-corrected chi connectivity index (χ4v) is 27.8. The van der Waals surface area contributed by atoms with E-state index in [1.807, 2.05) is 11.3 Å². The molecule has 2 unspecified atom stereocenters. The maximum absolute atomic E-state index is 2.58. The van der Waals surface area contributed by atoms with Crippen LogP contribution in [-0.4, -0.2) is 4.57 Å². The Morgan fingerprint density at radius 1 is 0.171 bits per heavy atom. The van der Waals surface area contributed by atoms with Crippen molar-refractivity contribution in [3.63, 3.8) is 0 Å². The predicted molar refractivity (Wildman–Crippen MR) is 581 cm³/mol. The molecular formula is C136H85N3S. The number of thiophene rings is 1. The van der Waals surface area contributed by atoms with Crippen molar-refractivity contribution in [1.82, 2.24) is 4.57 Å². The Morgan fingerprint density at radius 3 is 0.993 bits per heavy atom. The van der Waals surface area contributed by atoms with Crippen LogP contribution in [0.2, 0.25) is 0 Å². The number of aromatic nitrogens is 1. The normalized spacial score (nSPS) is 15.5. The first kappa shape index (κ1) is 78.8. The molecule has 0 N–H and O–H groups in total. The number of anilines is 6. The van der Waals surface area contributed by atoms with E-state index in [2.05, 4.69) is 530 Å². The number of rotatable bonds is 13. The molecule has 0 amide bonds. The van der Waals surface area contributed by atoms with Crippen molar-refractivity contribution in [3.05, 3.63) is 605 Å². The van der Waals surface area contributed by atoms with E-state index < -0.39 is 21.7 Å². The lowest BCUT2D eigenvalue weighted by Gasteiger charge is -2.34. The highest BCUT2D eigenvalue weighted by Gasteiger charge is 2.56. The summed E-state index contributed by atoms with van der Waals surface area (Å²) >= 11 is 1.87. The molecule has 0 saturated heterocycles. The second kappa shape index (κ2) is 30.0. The SMILES string of the molecule is c1ccc(C2(c3ccc(-c4ccc5c(c4)-c4ccccc4C54c5ccccc5-c5c(N(c6cccc(-c7ccc8sc9ccccc9c8c7)c6)c6ccc7c(c6)-c6ccccc6C7(c6ccccc6)c6ccccc6)cccc54)cc3)c3ccccc3-c3cc(N(c4ccc(-n5c6ccccc6c6ccccc65)cc4)c4cccc5c4-c4ccccc4C54c5ccccc5-c5ccccc54)ccc32)cc1. The zero-order valence-corrected chi connectivity index (χ0v) is 77.1. The van der Waals surface area contributed by atoms with Crippen LogP contribution in [0.15, 0.2) is 516 Å². The lowest BCUT2D eigenvalue weighted by molar-refractivity contribution is 0.768. The second-order valence-electron chi connectivity index (χ2n) is 38.5. The summed E-state index contributed by atoms with van der Waals surface area (Å²) in [5, 5.41) is 5.06. The summed E-state index contributed by atoms with van der Waals surface area (Å²) in [6.07, 6.45) is 0. The van der Waals surface area contributed by atoms with E-state index in [0.29, 0.717) is 0 Å². The quantitative estimate of drug-likeness (QED) is 0.114. The van der Waals surface area contributed by atoms with E-state index in [0.717, 1.165) is 56.5 Å². The monoisotopic (exact) mass is 1790 g/mol. The van der Waals surface area contributed by atoms with Gasteiger partial charge in [0.05, 0.1) is 44.1 Å². The van der Waals surface area contributed by atoms with Gasteiger partial charge in [0.1, 0.15) is 0 Å². The molecule has 24 aromatic rings. The molecule has 6 aliphatic carbocycles. The van der Waals surface area contributed by atoms with Gasteiger partial charge in [-0.3, -0.25) is 0 Å². The number of fused-ring (bicyclic) bond motifs is 32. The Labute approximate surface area is 816 Å². The van der Waals surface area contributed by atoms with E-state index in [-0.39, 0.29) is 0 Å². The third-order valence-corrected chi connectivity index (χ3v) is 33.3. The van der Waals surface area contributed by atoms with Crippen molar-refractivity contribution in [2.75, 3.05) is 9.80 Å². The van der Waals surface area contributed by atoms with Crippen LogP contribution < -0.4 is 9.80 Å². The van der Waals surface area contributed by atoms with Gasteiger partial charge in [-0.05, 0) is 276 Å². The van der Waals surface area contributed by atoms with Gasteiger partial charge in [0.2, 0.25) is 0 Å². The molecule has 22 aromatic carbocycles. The van der Waals surface area contributed by atoms with Crippen molar-refractivity contribution < 1.29 is 0 Å². The number of nitrogens with zero attached hydrogens (tertiary/aromatic N) is 3. The molecule has 140 heavy (non-hydrogen) atoms. The topological polar surface area (TPSA) is 11.4 Å². The minimum atomic E-state index is -0.706. The molecule has 650 valence electrons. The number of benzene rings is 22. The highest BCUT2D eigenvalue weighted by Crippen LogP contribution is 2.69. The van der Waals surface area contributed by atoms with Gasteiger partial charge in [0, 0.05) is 70.5 Å². The third-order valence-electron chi connectivity index (χ3n) is 32.2. The summed E-state index contributed by atoms with van der Waals surface area (Å²) in [6, 6.07) is 197. The Balaban J connectivity index is 0.565. The van der Waals surface area contributed by atoms with Gasteiger partial charge in [-0.1, -0.05) is 406 Å². The number of hydrogen-bond acceptors (Lipinski definition) is 3. The maximum atomic E-state index is 2.58. The van der Waals surface area contributed by atoms with Crippen LogP contribution in [0.5, 0.6) is 0 Å². The summed E-state index contributed by atoms with van der Waals surface area (Å²) in [6.45, 7) is 0. The van der Waals surface area contributed by atoms with Crippen LogP contribution in [-0.2, 0) is 21.7 Å². The zero-order chi connectivity index (χ0) is 91.7. The minimum Gasteiger partial charge on any atom is -0.310 e. The van der Waals surface area contributed by atoms with Gasteiger partial charge < -0.3 is 14.4 Å². The minimum absolute atomic E-state index is 0.541. The molecule has 0 saturated carbocycles. The molecule has 0 fully saturated rings. The predicted octanol–water partition coefficient (Wildman–Crippen LogP) is 34.8. The van der Waals surface area contributed by atoms with Gasteiger partial charge >= 0.3 is 0 Å². The van der Waals surface area contributed by atoms with Crippen molar-refractivity contribution in [3.8, 4) is 94.7 Å². The fraction of sp³-hybridized carbons (Fsp3) is 0.0294. The lowest BCUT2D eigenvalue weighted by Crippen LogP contribution is -2.28. The van der Waals surface area contributed by atoms with Crippen molar-refractivity contribution >= 4 is 87.4 Å². The molecule has 2 atom stereocenters. The van der Waals surface area contributed by atoms with Gasteiger partial charge in [-0.25, -0.2) is 0 Å². The smallest absolute Gasteiger partial charge is 0.0726 e. The highest BCUT2D eigenvalue weighted by molar-refractivity contribution is 7.25. The van der Waals surface area contributed by atoms with E-state index in [4.69, 9.17) is 0 Å². The van der Waals surface area contributed by atoms with Gasteiger partial charge in [-0.15, -0.1) is 11.3 Å². The molecule has 2 aromatic heterocycles. The molecule has 30 rings (SSSR count). The largest absolute Gasteiger partial charge is 0.310 e. The Bertz CT molecular complexity index is 9210. The van der Waals surface area contributed by atoms with Crippen LogP contribution in [0.3, 0.4) is 0 Å². The molecule has 6 aliphatic rings. The van der Waals surface area contributed by atoms with Gasteiger partial charge in [0.15, 0.2) is 0 Å². The Kier molecular flexibility index (Phi) is 16.9. The lowest BCUT2D eigenvalue weighted by atomic mass is 9.67. The molecule has 4 heteroatoms. The molecule has 3 nitrogen and oxygen atoms in total. The Hall–Kier alpha value is -17.5. The number of hydrogen-bond donors (Lipinski definition) is 0. The van der Waals surface area contributed by atoms with Gasteiger partial charge in [-0.2, -0.15) is 0 Å². The first-order chi connectivity index (χ1) is 69.4. The van der Waals surface area contributed by atoms with Crippen LogP contribution in [0.4, 0.5) is 34.1 Å². The van der Waals surface area contributed by atoms with E-state index in [1.54, 1.807) is 0 Å². The molecule has 2 spiro atoms. The first-order valence-electron chi connectivity index (χ1n) is 48.8. The standard InChI is InChI=1S/C136H85N3S/c1-4-34-90(35-5-1)133(91-36-6-2-7-37-91)113-51-20-12-44-102(113)111-85-98(76-79-120(111)133)138(96-40-30-33-87(81-96)89-68-80-130-112(83-89)106-48-19-29-64-129(106)140-130)128-63-32-59-124-132(128)108-50-16-26-57-119(108)136(124)117-55-24-14-43-101(117)109-82-88(67-77-122(109)136)86-65-69-93(70-66-86)134(92-38-8-3-9-39-92)114-52-21-13-45-103(114)110-84-97(75-78-121(110)134)137(94-71-73-95(74-72-94)139-125-60-27-17-46-104(125)105-47-18-28-61-126(105)139)127-62-31-58-123-131(127)107-49-15-25-56-118(107)135(123)115-53-22-10-41-99(115)100-42-11-23-54-116(100)135/h1-85H. The Morgan fingerprint density at radius 2 is 0.493 bits per heavy atom. The summed E-state index contributed by atoms with van der Waals surface area (Å²) in [4.78, 5) is 5.15. The molecular weight excluding hydrogens is 1710 g/mol. The average Bonchev–Trinajstić information content (AvgIpc) is 1.52. The highest BCUT2D eigenvalue weighted by atomic mass is 32.1. The summed E-state index contributed by atoms with van der Waals surface area (Å²) in [5.41, 5.74) is 47.4. The average molecular weight is 1790 g/mol. The first-order valence-corrected chi connectivity index (χ1v) is 49.6. The fourth-order valence-electron chi connectivity index (χ4n) is 26.8. The van der Waals surface area contributed by atoms with E-state index in [1.165, 1.54) is 203 Å². The molecule has 0 radical (unpaired) electrons. The molecule has 2 heterocycles. The summed E-state index contributed by atoms with van der Waals surface area (Å²) in [7, 11) is 0. The van der Waals surface area contributed by atoms with Crippen molar-refractivity contribution in [2.24, 2.45) is 0 Å². The van der Waals surface area contributed by atoms with Crippen LogP contribution in [0, 0.1) is 0 Å². The third kappa shape index (κ3) is 10.6. The van der Waals surface area contributed by atoms with E-state index >= 15 is 0 Å². The second-order valence-corrected chi connectivity index (χ2v) is 39.6. The van der Waals surface area contributed by atoms with Crippen LogP contribution in [0.25, 0.3) is 137 Å². The van der Waals surface area contributed by atoms with Crippen molar-refractivity contribution in [1.29, 1.82) is 0 Å². The molecule has 0 aliphatic heterocycles. The van der Waals surface area contributed by atoms with Crippen LogP contribution >= 0.6 is 11.3 Å². The van der Waals surface area contributed by atoms with Gasteiger partial charge in [0.25, 0.3) is 0 Å². The number of para-hydroxylation sites is 2. The summed E-state index contributed by atoms with van der Waals surface area (Å²) in [5.74, 6) is 0. The maximum Gasteiger partial charge on any atom is 0.0726 e. The zero-order valence-electron chi connectivity index (χ0n) is 76.3.